The summed E-state index contributed by atoms with van der Waals surface area (Å²) in [6, 6.07) is 2.79. The quantitative estimate of drug-likeness (QED) is 0.803. The van der Waals surface area contributed by atoms with Crippen molar-refractivity contribution in [1.29, 1.82) is 0 Å². The van der Waals surface area contributed by atoms with Gasteiger partial charge in [-0.3, -0.25) is 9.69 Å². The van der Waals surface area contributed by atoms with Crippen LogP contribution in [0.4, 0.5) is 5.95 Å². The Kier molecular flexibility index (Phi) is 4.37. The van der Waals surface area contributed by atoms with Crippen molar-refractivity contribution >= 4 is 11.9 Å². The van der Waals surface area contributed by atoms with Crippen molar-refractivity contribution in [1.82, 2.24) is 19.8 Å². The number of ether oxygens (including phenoxy) is 1. The summed E-state index contributed by atoms with van der Waals surface area (Å²) in [5.41, 5.74) is 0.992. The van der Waals surface area contributed by atoms with E-state index in [1.807, 2.05) is 37.9 Å². The monoisotopic (exact) mass is 345 g/mol. The first-order valence-corrected chi connectivity index (χ1v) is 9.23. The average Bonchev–Trinajstić information content (AvgIpc) is 2.58. The Balaban J connectivity index is 1.35. The lowest BCUT2D eigenvalue weighted by molar-refractivity contribution is -0.148. The van der Waals surface area contributed by atoms with Gasteiger partial charge >= 0.3 is 0 Å². The minimum Gasteiger partial charge on any atom is -0.372 e. The van der Waals surface area contributed by atoms with Crippen LogP contribution < -0.4 is 4.90 Å². The summed E-state index contributed by atoms with van der Waals surface area (Å²) in [6.45, 7) is 9.81. The second kappa shape index (κ2) is 6.53. The normalized spacial score (nSPS) is 32.4. The number of amides is 1. The molecule has 0 spiro atoms. The molecule has 0 aromatic carbocycles. The third-order valence-corrected chi connectivity index (χ3v) is 5.50. The van der Waals surface area contributed by atoms with Crippen LogP contribution in [0.2, 0.25) is 0 Å². The molecule has 5 rings (SSSR count). The number of piperidine rings is 1. The largest absolute Gasteiger partial charge is 0.372 e. The molecule has 2 bridgehead atoms. The molecule has 4 saturated heterocycles. The molecule has 0 radical (unpaired) electrons. The third-order valence-electron chi connectivity index (χ3n) is 5.50. The van der Waals surface area contributed by atoms with Gasteiger partial charge in [0.2, 0.25) is 11.9 Å². The number of anilines is 1. The van der Waals surface area contributed by atoms with E-state index < -0.39 is 0 Å². The lowest BCUT2D eigenvalue weighted by Gasteiger charge is -2.56. The fourth-order valence-electron chi connectivity index (χ4n) is 4.33. The van der Waals surface area contributed by atoms with E-state index >= 15 is 0 Å². The Morgan fingerprint density at radius 2 is 1.88 bits per heavy atom. The first-order valence-electron chi connectivity index (χ1n) is 9.23. The van der Waals surface area contributed by atoms with Crippen LogP contribution in [0.15, 0.2) is 12.3 Å². The van der Waals surface area contributed by atoms with Crippen LogP contribution in [0.5, 0.6) is 0 Å². The highest BCUT2D eigenvalue weighted by Crippen LogP contribution is 2.33. The number of carbonyl (C=O) groups is 1. The number of aromatic nitrogens is 2. The lowest BCUT2D eigenvalue weighted by Crippen LogP contribution is -2.70. The van der Waals surface area contributed by atoms with Gasteiger partial charge in [0.15, 0.2) is 0 Å². The van der Waals surface area contributed by atoms with E-state index in [2.05, 4.69) is 19.8 Å². The second-order valence-electron chi connectivity index (χ2n) is 7.67. The number of nitrogens with zero attached hydrogens (tertiary/aromatic N) is 5. The van der Waals surface area contributed by atoms with Crippen molar-refractivity contribution in [2.24, 2.45) is 0 Å². The molecule has 0 N–H and O–H groups in total. The van der Waals surface area contributed by atoms with Crippen LogP contribution >= 0.6 is 0 Å². The van der Waals surface area contributed by atoms with Crippen LogP contribution in [0.1, 0.15) is 26.0 Å². The Hall–Kier alpha value is -1.73. The van der Waals surface area contributed by atoms with Crippen LogP contribution in [0.3, 0.4) is 0 Å². The smallest absolute Gasteiger partial charge is 0.236 e. The fourth-order valence-corrected chi connectivity index (χ4v) is 4.33. The van der Waals surface area contributed by atoms with Crippen molar-refractivity contribution in [2.75, 3.05) is 37.6 Å². The molecule has 7 heteroatoms. The Labute approximate surface area is 149 Å². The summed E-state index contributed by atoms with van der Waals surface area (Å²) in [5, 5.41) is 0. The number of morpholine rings is 1. The summed E-state index contributed by atoms with van der Waals surface area (Å²) < 4.78 is 5.73. The number of hydrogen-bond donors (Lipinski definition) is 0. The standard InChI is InChI=1S/C18H27N5O2/c1-12-4-5-19-18(20-12)22-9-15-6-16(10-22)23(15)11-17(24)21-7-13(2)25-14(3)8-21/h4-5,13-16H,6-11H2,1-3H3. The van der Waals surface area contributed by atoms with Crippen LogP contribution in [0.25, 0.3) is 0 Å². The van der Waals surface area contributed by atoms with Crippen LogP contribution in [-0.4, -0.2) is 82.7 Å². The zero-order valence-electron chi connectivity index (χ0n) is 15.3. The van der Waals surface area contributed by atoms with Gasteiger partial charge in [-0.05, 0) is 33.3 Å². The molecule has 136 valence electrons. The molecule has 1 aromatic rings. The third kappa shape index (κ3) is 3.35. The van der Waals surface area contributed by atoms with E-state index in [4.69, 9.17) is 4.74 Å². The molecule has 4 atom stereocenters. The number of aryl methyl sites for hydroxylation is 1. The van der Waals surface area contributed by atoms with Gasteiger partial charge < -0.3 is 14.5 Å². The molecule has 0 saturated carbocycles. The number of rotatable bonds is 3. The van der Waals surface area contributed by atoms with E-state index in [0.717, 1.165) is 24.7 Å². The molecule has 5 heterocycles. The SMILES string of the molecule is Cc1ccnc(N2CC3CC(C2)N3CC(=O)N2CC(C)OC(C)C2)n1. The zero-order valence-corrected chi connectivity index (χ0v) is 15.3. The maximum atomic E-state index is 12.7. The summed E-state index contributed by atoms with van der Waals surface area (Å²) in [6.07, 6.45) is 3.24. The molecular formula is C18H27N5O2. The highest BCUT2D eigenvalue weighted by Gasteiger charge is 2.46. The Bertz CT molecular complexity index is 632. The molecule has 0 aliphatic carbocycles. The molecule has 4 unspecified atom stereocenters. The van der Waals surface area contributed by atoms with Crippen LogP contribution in [0, 0.1) is 6.92 Å². The molecule has 7 nitrogen and oxygen atoms in total. The molecule has 1 amide bonds. The van der Waals surface area contributed by atoms with Gasteiger partial charge in [-0.2, -0.15) is 0 Å². The number of fused-ring (bicyclic) bond motifs is 2. The number of hydrogen-bond acceptors (Lipinski definition) is 6. The number of piperazine rings is 1. The zero-order chi connectivity index (χ0) is 17.6. The van der Waals surface area contributed by atoms with Gasteiger partial charge in [-0.15, -0.1) is 0 Å². The van der Waals surface area contributed by atoms with Crippen molar-refractivity contribution < 1.29 is 9.53 Å². The molecule has 4 fully saturated rings. The summed E-state index contributed by atoms with van der Waals surface area (Å²) in [4.78, 5) is 28.2. The first kappa shape index (κ1) is 16.7. The van der Waals surface area contributed by atoms with Gasteiger partial charge in [0.1, 0.15) is 0 Å². The van der Waals surface area contributed by atoms with Crippen LogP contribution in [-0.2, 0) is 9.53 Å². The molecular weight excluding hydrogens is 318 g/mol. The summed E-state index contributed by atoms with van der Waals surface area (Å²) in [7, 11) is 0. The Morgan fingerprint density at radius 1 is 1.20 bits per heavy atom. The number of carbonyl (C=O) groups excluding carboxylic acids is 1. The topological polar surface area (TPSA) is 61.8 Å². The maximum Gasteiger partial charge on any atom is 0.236 e. The second-order valence-corrected chi connectivity index (χ2v) is 7.67. The lowest BCUT2D eigenvalue weighted by atomic mass is 9.87. The van der Waals surface area contributed by atoms with E-state index in [1.165, 1.54) is 6.42 Å². The van der Waals surface area contributed by atoms with E-state index in [9.17, 15) is 4.79 Å². The maximum absolute atomic E-state index is 12.7. The van der Waals surface area contributed by atoms with E-state index in [1.54, 1.807) is 0 Å². The minimum atomic E-state index is 0.123. The fraction of sp³-hybridized carbons (Fsp3) is 0.722. The van der Waals surface area contributed by atoms with Gasteiger partial charge in [-0.25, -0.2) is 9.97 Å². The highest BCUT2D eigenvalue weighted by atomic mass is 16.5. The molecule has 4 aliphatic heterocycles. The van der Waals surface area contributed by atoms with Crippen molar-refractivity contribution in [2.45, 2.75) is 51.5 Å². The Morgan fingerprint density at radius 3 is 2.52 bits per heavy atom. The molecule has 1 aromatic heterocycles. The predicted octanol–water partition coefficient (Wildman–Crippen LogP) is 0.684. The van der Waals surface area contributed by atoms with Crippen molar-refractivity contribution in [3.8, 4) is 0 Å². The molecule has 4 aliphatic rings. The van der Waals surface area contributed by atoms with Gasteiger partial charge in [-0.1, -0.05) is 0 Å². The highest BCUT2D eigenvalue weighted by molar-refractivity contribution is 5.78. The van der Waals surface area contributed by atoms with E-state index in [0.29, 0.717) is 31.7 Å². The summed E-state index contributed by atoms with van der Waals surface area (Å²) >= 11 is 0. The van der Waals surface area contributed by atoms with Gasteiger partial charge in [0, 0.05) is 50.2 Å². The van der Waals surface area contributed by atoms with E-state index in [-0.39, 0.29) is 18.1 Å². The first-order chi connectivity index (χ1) is 12.0. The summed E-state index contributed by atoms with van der Waals surface area (Å²) in [5.74, 6) is 1.05. The predicted molar refractivity (Wildman–Crippen MR) is 94.5 cm³/mol. The van der Waals surface area contributed by atoms with Gasteiger partial charge in [0.05, 0.1) is 18.8 Å². The minimum absolute atomic E-state index is 0.123. The average molecular weight is 345 g/mol. The van der Waals surface area contributed by atoms with Crippen molar-refractivity contribution in [3.63, 3.8) is 0 Å². The van der Waals surface area contributed by atoms with Crippen molar-refractivity contribution in [3.05, 3.63) is 18.0 Å². The van der Waals surface area contributed by atoms with Gasteiger partial charge in [0.25, 0.3) is 0 Å². The molecule has 25 heavy (non-hydrogen) atoms.